The second kappa shape index (κ2) is 5.80. The van der Waals surface area contributed by atoms with E-state index < -0.39 is 10.0 Å². The lowest BCUT2D eigenvalue weighted by Crippen LogP contribution is -2.32. The topological polar surface area (TPSA) is 110 Å². The van der Waals surface area contributed by atoms with Gasteiger partial charge in [0.15, 0.2) is 5.03 Å². The minimum Gasteiger partial charge on any atom is -0.385 e. The minimum atomic E-state index is -3.61. The van der Waals surface area contributed by atoms with Gasteiger partial charge in [-0.3, -0.25) is 5.10 Å². The minimum absolute atomic E-state index is 0.0139. The van der Waals surface area contributed by atoms with E-state index in [0.717, 1.165) is 19.3 Å². The van der Waals surface area contributed by atoms with Crippen LogP contribution in [0.4, 0.5) is 0 Å². The lowest BCUT2D eigenvalue weighted by Gasteiger charge is -2.15. The Balaban J connectivity index is 2.04. The number of nitrogens with zero attached hydrogens (tertiary/aromatic N) is 1. The van der Waals surface area contributed by atoms with Crippen molar-refractivity contribution in [2.24, 2.45) is 11.1 Å². The van der Waals surface area contributed by atoms with Crippen molar-refractivity contribution >= 4 is 10.0 Å². The quantitative estimate of drug-likeness (QED) is 0.638. The van der Waals surface area contributed by atoms with E-state index in [0.29, 0.717) is 24.4 Å². The number of sulfonamides is 1. The first-order chi connectivity index (χ1) is 9.44. The number of methoxy groups -OCH3 is 1. The normalized spacial score (nSPS) is 17.4. The van der Waals surface area contributed by atoms with Crippen LogP contribution in [0.5, 0.6) is 0 Å². The van der Waals surface area contributed by atoms with Crippen molar-refractivity contribution in [2.75, 3.05) is 20.3 Å². The molecule has 0 aromatic carbocycles. The Hall–Kier alpha value is -0.960. The summed E-state index contributed by atoms with van der Waals surface area (Å²) in [5, 5.41) is 6.55. The molecule has 20 heavy (non-hydrogen) atoms. The van der Waals surface area contributed by atoms with Crippen molar-refractivity contribution in [1.82, 2.24) is 14.9 Å². The molecule has 0 spiro atoms. The fourth-order valence-electron chi connectivity index (χ4n) is 2.22. The van der Waals surface area contributed by atoms with Crippen LogP contribution in [-0.2, 0) is 21.3 Å². The first kappa shape index (κ1) is 15.4. The molecule has 114 valence electrons. The maximum absolute atomic E-state index is 12.3. The number of ether oxygens (including phenoxy) is 1. The van der Waals surface area contributed by atoms with Crippen LogP contribution < -0.4 is 10.5 Å². The molecular weight excluding hydrogens is 280 g/mol. The van der Waals surface area contributed by atoms with Crippen molar-refractivity contribution in [1.29, 1.82) is 0 Å². The van der Waals surface area contributed by atoms with E-state index in [1.807, 2.05) is 0 Å². The second-order valence-electron chi connectivity index (χ2n) is 5.40. The van der Waals surface area contributed by atoms with Gasteiger partial charge in [-0.25, -0.2) is 13.1 Å². The highest BCUT2D eigenvalue weighted by molar-refractivity contribution is 7.89. The van der Waals surface area contributed by atoms with Crippen LogP contribution in [-0.4, -0.2) is 38.9 Å². The molecule has 1 heterocycles. The molecule has 0 radical (unpaired) electrons. The number of hydrogen-bond acceptors (Lipinski definition) is 5. The van der Waals surface area contributed by atoms with E-state index in [1.165, 1.54) is 0 Å². The smallest absolute Gasteiger partial charge is 0.260 e. The zero-order valence-corrected chi connectivity index (χ0v) is 12.7. The molecule has 4 N–H and O–H groups in total. The SMILES string of the molecule is COCCC1(CNS(=O)(=O)c2n[nH]c(C)c2CN)CC1. The van der Waals surface area contributed by atoms with Crippen molar-refractivity contribution in [2.45, 2.75) is 37.8 Å². The summed E-state index contributed by atoms with van der Waals surface area (Å²) in [6, 6.07) is 0. The lowest BCUT2D eigenvalue weighted by molar-refractivity contribution is 0.173. The van der Waals surface area contributed by atoms with E-state index in [9.17, 15) is 8.42 Å². The molecule has 2 rings (SSSR count). The van der Waals surface area contributed by atoms with E-state index in [1.54, 1.807) is 14.0 Å². The number of aryl methyl sites for hydroxylation is 1. The summed E-state index contributed by atoms with van der Waals surface area (Å²) in [6.07, 6.45) is 2.93. The molecule has 7 nitrogen and oxygen atoms in total. The number of nitrogens with two attached hydrogens (primary N) is 1. The molecule has 1 aliphatic carbocycles. The van der Waals surface area contributed by atoms with Gasteiger partial charge in [0, 0.05) is 38.1 Å². The van der Waals surface area contributed by atoms with Gasteiger partial charge in [-0.15, -0.1) is 0 Å². The van der Waals surface area contributed by atoms with Gasteiger partial charge in [0.05, 0.1) is 0 Å². The molecule has 0 atom stereocenters. The Bertz CT molecular complexity index is 563. The Labute approximate surface area is 119 Å². The summed E-state index contributed by atoms with van der Waals surface area (Å²) >= 11 is 0. The first-order valence-electron chi connectivity index (χ1n) is 6.67. The van der Waals surface area contributed by atoms with Crippen molar-refractivity contribution in [3.8, 4) is 0 Å². The van der Waals surface area contributed by atoms with Crippen LogP contribution in [0.1, 0.15) is 30.5 Å². The number of hydrogen-bond donors (Lipinski definition) is 3. The largest absolute Gasteiger partial charge is 0.385 e. The summed E-state index contributed by atoms with van der Waals surface area (Å²) in [7, 11) is -1.96. The molecule has 0 unspecified atom stereocenters. The monoisotopic (exact) mass is 302 g/mol. The van der Waals surface area contributed by atoms with Gasteiger partial charge in [-0.2, -0.15) is 5.10 Å². The van der Waals surface area contributed by atoms with Gasteiger partial charge in [0.1, 0.15) is 0 Å². The van der Waals surface area contributed by atoms with Gasteiger partial charge in [-0.05, 0) is 31.6 Å². The molecule has 0 bridgehead atoms. The summed E-state index contributed by atoms with van der Waals surface area (Å²) in [6.45, 7) is 2.98. The number of aromatic nitrogens is 2. The highest BCUT2D eigenvalue weighted by Gasteiger charge is 2.43. The molecule has 1 aromatic rings. The Morgan fingerprint density at radius 1 is 1.50 bits per heavy atom. The lowest BCUT2D eigenvalue weighted by atomic mass is 10.0. The molecule has 1 aliphatic rings. The molecular formula is C12H22N4O3S. The van der Waals surface area contributed by atoms with Crippen LogP contribution in [0.25, 0.3) is 0 Å². The van der Waals surface area contributed by atoms with Gasteiger partial charge in [0.25, 0.3) is 10.0 Å². The molecule has 1 aromatic heterocycles. The maximum atomic E-state index is 12.3. The first-order valence-corrected chi connectivity index (χ1v) is 8.15. The van der Waals surface area contributed by atoms with Gasteiger partial charge in [-0.1, -0.05) is 0 Å². The standard InChI is InChI=1S/C12H22N4O3S/c1-9-10(7-13)11(16-15-9)20(17,18)14-8-12(3-4-12)5-6-19-2/h14H,3-8,13H2,1-2H3,(H,15,16). The molecule has 0 amide bonds. The Morgan fingerprint density at radius 2 is 2.20 bits per heavy atom. The van der Waals surface area contributed by atoms with Crippen LogP contribution in [0.15, 0.2) is 5.03 Å². The number of aromatic amines is 1. The average Bonchev–Trinajstić information content (AvgIpc) is 3.09. The zero-order chi connectivity index (χ0) is 14.8. The van der Waals surface area contributed by atoms with E-state index in [-0.39, 0.29) is 17.0 Å². The third kappa shape index (κ3) is 3.20. The van der Waals surface area contributed by atoms with Gasteiger partial charge >= 0.3 is 0 Å². The molecule has 0 aliphatic heterocycles. The van der Waals surface area contributed by atoms with Crippen molar-refractivity contribution < 1.29 is 13.2 Å². The third-order valence-corrected chi connectivity index (χ3v) is 5.30. The van der Waals surface area contributed by atoms with E-state index >= 15 is 0 Å². The number of H-pyrrole nitrogens is 1. The van der Waals surface area contributed by atoms with E-state index in [4.69, 9.17) is 10.5 Å². The molecule has 0 saturated heterocycles. The maximum Gasteiger partial charge on any atom is 0.260 e. The average molecular weight is 302 g/mol. The van der Waals surface area contributed by atoms with Crippen molar-refractivity contribution in [3.05, 3.63) is 11.3 Å². The third-order valence-electron chi connectivity index (χ3n) is 3.93. The summed E-state index contributed by atoms with van der Waals surface area (Å²) < 4.78 is 32.3. The zero-order valence-electron chi connectivity index (χ0n) is 11.9. The summed E-state index contributed by atoms with van der Waals surface area (Å²) in [4.78, 5) is 0. The second-order valence-corrected chi connectivity index (χ2v) is 7.09. The van der Waals surface area contributed by atoms with Gasteiger partial charge in [0.2, 0.25) is 0 Å². The Kier molecular flexibility index (Phi) is 4.48. The predicted molar refractivity (Wildman–Crippen MR) is 74.6 cm³/mol. The van der Waals surface area contributed by atoms with Gasteiger partial charge < -0.3 is 10.5 Å². The van der Waals surface area contributed by atoms with Crippen LogP contribution in [0.2, 0.25) is 0 Å². The van der Waals surface area contributed by atoms with Crippen LogP contribution in [0, 0.1) is 12.3 Å². The number of nitrogens with one attached hydrogen (secondary N) is 2. The fourth-order valence-corrected chi connectivity index (χ4v) is 3.58. The molecule has 1 fully saturated rings. The summed E-state index contributed by atoms with van der Waals surface area (Å²) in [5.74, 6) is 0. The summed E-state index contributed by atoms with van der Waals surface area (Å²) in [5.41, 5.74) is 6.87. The molecule has 8 heteroatoms. The Morgan fingerprint density at radius 3 is 2.75 bits per heavy atom. The predicted octanol–water partition coefficient (Wildman–Crippen LogP) is 0.272. The highest BCUT2D eigenvalue weighted by Crippen LogP contribution is 2.48. The number of rotatable bonds is 8. The molecule has 1 saturated carbocycles. The fraction of sp³-hybridized carbons (Fsp3) is 0.750. The van der Waals surface area contributed by atoms with E-state index in [2.05, 4.69) is 14.9 Å². The van der Waals surface area contributed by atoms with Crippen LogP contribution >= 0.6 is 0 Å². The van der Waals surface area contributed by atoms with Crippen molar-refractivity contribution in [3.63, 3.8) is 0 Å². The van der Waals surface area contributed by atoms with Crippen LogP contribution in [0.3, 0.4) is 0 Å². The highest BCUT2D eigenvalue weighted by atomic mass is 32.2.